The van der Waals surface area contributed by atoms with E-state index in [1.807, 2.05) is 67.5 Å². The number of nitrogens with one attached hydrogen (secondary N) is 2. The molecule has 0 aliphatic rings. The molecule has 7 heteroatoms. The van der Waals surface area contributed by atoms with Crippen LogP contribution in [0, 0.1) is 0 Å². The van der Waals surface area contributed by atoms with E-state index in [1.54, 1.807) is 6.20 Å². The number of para-hydroxylation sites is 1. The van der Waals surface area contributed by atoms with Gasteiger partial charge in [-0.15, -0.1) is 0 Å². The highest BCUT2D eigenvalue weighted by atomic mass is 79.9. The van der Waals surface area contributed by atoms with E-state index >= 15 is 0 Å². The van der Waals surface area contributed by atoms with E-state index in [9.17, 15) is 5.11 Å². The van der Waals surface area contributed by atoms with Gasteiger partial charge in [-0.3, -0.25) is 0 Å². The van der Waals surface area contributed by atoms with Crippen LogP contribution in [0.25, 0.3) is 0 Å². The molecule has 3 aromatic rings. The first-order valence-electron chi connectivity index (χ1n) is 8.09. The van der Waals surface area contributed by atoms with Crippen molar-refractivity contribution in [3.63, 3.8) is 0 Å². The van der Waals surface area contributed by atoms with Crippen LogP contribution in [-0.4, -0.2) is 29.2 Å². The second-order valence-corrected chi connectivity index (χ2v) is 6.75. The highest BCUT2D eigenvalue weighted by molar-refractivity contribution is 9.10. The number of rotatable bonds is 6. The number of aromatic nitrogens is 2. The first kappa shape index (κ1) is 18.2. The monoisotopic (exact) mass is 413 g/mol. The van der Waals surface area contributed by atoms with Crippen molar-refractivity contribution in [3.8, 4) is 0 Å². The third-order valence-corrected chi connectivity index (χ3v) is 4.41. The van der Waals surface area contributed by atoms with E-state index < -0.39 is 0 Å². The second-order valence-electron chi connectivity index (χ2n) is 5.90. The fraction of sp³-hybridized carbons (Fsp3) is 0.158. The molecule has 1 heterocycles. The zero-order valence-corrected chi connectivity index (χ0v) is 16.2. The SMILES string of the molecule is CN(C)c1ccc(Nc2ncc(Br)c(Nc3ccccc3CO)n2)cc1. The van der Waals surface area contributed by atoms with Gasteiger partial charge in [0, 0.05) is 42.9 Å². The lowest BCUT2D eigenvalue weighted by Gasteiger charge is -2.14. The molecule has 0 amide bonds. The summed E-state index contributed by atoms with van der Waals surface area (Å²) in [5.41, 5.74) is 3.62. The minimum Gasteiger partial charge on any atom is -0.392 e. The Morgan fingerprint density at radius 1 is 1.04 bits per heavy atom. The van der Waals surface area contributed by atoms with Crippen molar-refractivity contribution in [3.05, 3.63) is 64.8 Å². The Balaban J connectivity index is 1.81. The van der Waals surface area contributed by atoms with Gasteiger partial charge in [0.1, 0.15) is 5.82 Å². The van der Waals surface area contributed by atoms with Crippen LogP contribution in [0.4, 0.5) is 28.8 Å². The zero-order chi connectivity index (χ0) is 18.5. The Hall–Kier alpha value is -2.64. The number of hydrogen-bond donors (Lipinski definition) is 3. The first-order chi connectivity index (χ1) is 12.6. The quantitative estimate of drug-likeness (QED) is 0.559. The van der Waals surface area contributed by atoms with E-state index in [0.717, 1.165) is 27.1 Å². The van der Waals surface area contributed by atoms with Gasteiger partial charge in [0.25, 0.3) is 0 Å². The summed E-state index contributed by atoms with van der Waals surface area (Å²) in [5, 5.41) is 15.9. The van der Waals surface area contributed by atoms with Crippen LogP contribution in [0.1, 0.15) is 5.56 Å². The average molecular weight is 414 g/mol. The summed E-state index contributed by atoms with van der Waals surface area (Å²) in [6.07, 6.45) is 1.69. The Morgan fingerprint density at radius 3 is 2.46 bits per heavy atom. The number of aliphatic hydroxyl groups excluding tert-OH is 1. The molecule has 0 spiro atoms. The summed E-state index contributed by atoms with van der Waals surface area (Å²) >= 11 is 3.46. The standard InChI is InChI=1S/C19H20BrN5O/c1-25(2)15-9-7-14(8-10-15)22-19-21-11-16(20)18(24-19)23-17-6-4-3-5-13(17)12-26/h3-11,26H,12H2,1-2H3,(H2,21,22,23,24). The predicted molar refractivity (Wildman–Crippen MR) is 109 cm³/mol. The van der Waals surface area contributed by atoms with Crippen molar-refractivity contribution in [1.82, 2.24) is 9.97 Å². The van der Waals surface area contributed by atoms with E-state index in [1.165, 1.54) is 0 Å². The molecule has 2 aromatic carbocycles. The van der Waals surface area contributed by atoms with Crippen LogP contribution in [0.2, 0.25) is 0 Å². The Bertz CT molecular complexity index is 883. The number of aliphatic hydroxyl groups is 1. The maximum Gasteiger partial charge on any atom is 0.229 e. The van der Waals surface area contributed by atoms with Gasteiger partial charge in [-0.1, -0.05) is 18.2 Å². The van der Waals surface area contributed by atoms with Crippen LogP contribution in [0.15, 0.2) is 59.2 Å². The lowest BCUT2D eigenvalue weighted by molar-refractivity contribution is 0.282. The molecule has 3 N–H and O–H groups in total. The molecule has 134 valence electrons. The molecule has 0 saturated carbocycles. The molecule has 0 radical (unpaired) electrons. The van der Waals surface area contributed by atoms with E-state index in [0.29, 0.717) is 11.8 Å². The molecular formula is C19H20BrN5O. The largest absolute Gasteiger partial charge is 0.392 e. The van der Waals surface area contributed by atoms with E-state index in [2.05, 4.69) is 36.5 Å². The van der Waals surface area contributed by atoms with Gasteiger partial charge in [0.2, 0.25) is 5.95 Å². The molecule has 26 heavy (non-hydrogen) atoms. The summed E-state index contributed by atoms with van der Waals surface area (Å²) in [5.74, 6) is 1.10. The highest BCUT2D eigenvalue weighted by Gasteiger charge is 2.08. The molecule has 3 rings (SSSR count). The van der Waals surface area contributed by atoms with Crippen molar-refractivity contribution >= 4 is 44.8 Å². The van der Waals surface area contributed by atoms with Crippen LogP contribution in [0.3, 0.4) is 0 Å². The minimum atomic E-state index is -0.0464. The van der Waals surface area contributed by atoms with Gasteiger partial charge in [-0.2, -0.15) is 4.98 Å². The molecule has 0 atom stereocenters. The van der Waals surface area contributed by atoms with Crippen LogP contribution >= 0.6 is 15.9 Å². The van der Waals surface area contributed by atoms with Crippen molar-refractivity contribution < 1.29 is 5.11 Å². The second kappa shape index (κ2) is 8.16. The van der Waals surface area contributed by atoms with Crippen molar-refractivity contribution in [2.45, 2.75) is 6.61 Å². The molecule has 0 aliphatic carbocycles. The fourth-order valence-electron chi connectivity index (χ4n) is 2.39. The molecule has 0 bridgehead atoms. The molecule has 0 saturated heterocycles. The fourth-order valence-corrected chi connectivity index (χ4v) is 2.68. The van der Waals surface area contributed by atoms with Crippen molar-refractivity contribution in [2.24, 2.45) is 0 Å². The first-order valence-corrected chi connectivity index (χ1v) is 8.89. The molecule has 6 nitrogen and oxygen atoms in total. The van der Waals surface area contributed by atoms with Crippen LogP contribution in [-0.2, 0) is 6.61 Å². The van der Waals surface area contributed by atoms with E-state index in [4.69, 9.17) is 0 Å². The van der Waals surface area contributed by atoms with Crippen molar-refractivity contribution in [1.29, 1.82) is 0 Å². The van der Waals surface area contributed by atoms with Crippen LogP contribution in [0.5, 0.6) is 0 Å². The van der Waals surface area contributed by atoms with Gasteiger partial charge in [-0.05, 0) is 46.3 Å². The lowest BCUT2D eigenvalue weighted by Crippen LogP contribution is -2.08. The molecule has 0 fully saturated rings. The van der Waals surface area contributed by atoms with Gasteiger partial charge < -0.3 is 20.6 Å². The van der Waals surface area contributed by atoms with Gasteiger partial charge in [-0.25, -0.2) is 4.98 Å². The average Bonchev–Trinajstić information content (AvgIpc) is 2.65. The van der Waals surface area contributed by atoms with Crippen molar-refractivity contribution in [2.75, 3.05) is 29.6 Å². The zero-order valence-electron chi connectivity index (χ0n) is 14.6. The molecule has 1 aromatic heterocycles. The van der Waals surface area contributed by atoms with Crippen LogP contribution < -0.4 is 15.5 Å². The number of anilines is 5. The van der Waals surface area contributed by atoms with Gasteiger partial charge in [0.05, 0.1) is 11.1 Å². The normalized spacial score (nSPS) is 10.5. The third kappa shape index (κ3) is 4.30. The third-order valence-electron chi connectivity index (χ3n) is 3.82. The minimum absolute atomic E-state index is 0.0464. The molecule has 0 unspecified atom stereocenters. The summed E-state index contributed by atoms with van der Waals surface area (Å²) in [6.45, 7) is -0.0464. The summed E-state index contributed by atoms with van der Waals surface area (Å²) in [7, 11) is 4.00. The Kier molecular flexibility index (Phi) is 5.70. The molecular weight excluding hydrogens is 394 g/mol. The smallest absolute Gasteiger partial charge is 0.229 e. The topological polar surface area (TPSA) is 73.3 Å². The number of benzene rings is 2. The highest BCUT2D eigenvalue weighted by Crippen LogP contribution is 2.27. The number of halogens is 1. The van der Waals surface area contributed by atoms with Gasteiger partial charge in [0.15, 0.2) is 0 Å². The lowest BCUT2D eigenvalue weighted by atomic mass is 10.2. The maximum atomic E-state index is 9.48. The maximum absolute atomic E-state index is 9.48. The Morgan fingerprint density at radius 2 is 1.77 bits per heavy atom. The van der Waals surface area contributed by atoms with E-state index in [-0.39, 0.29) is 6.61 Å². The summed E-state index contributed by atoms with van der Waals surface area (Å²) in [4.78, 5) is 10.9. The summed E-state index contributed by atoms with van der Waals surface area (Å²) < 4.78 is 0.735. The Labute approximate surface area is 161 Å². The predicted octanol–water partition coefficient (Wildman–Crippen LogP) is 4.28. The molecule has 0 aliphatic heterocycles. The van der Waals surface area contributed by atoms with Gasteiger partial charge >= 0.3 is 0 Å². The number of nitrogens with zero attached hydrogens (tertiary/aromatic N) is 3. The number of hydrogen-bond acceptors (Lipinski definition) is 6. The summed E-state index contributed by atoms with van der Waals surface area (Å²) in [6, 6.07) is 15.6.